The third kappa shape index (κ3) is 4.28. The second-order valence-electron chi connectivity index (χ2n) is 14.7. The van der Waals surface area contributed by atoms with Crippen molar-refractivity contribution in [3.63, 3.8) is 0 Å². The number of hydrogen-bond donors (Lipinski definition) is 1. The van der Waals surface area contributed by atoms with E-state index in [4.69, 9.17) is 0 Å². The standard InChI is InChI=1S/C43H42O/c1-41(2,3)36-25-29(26-37(40(36)44)42(4,5)6)34-27-43(30-19-11-8-12-20-30)35-24-16-15-23-33(35)38(28-17-9-7-10-18-28)39(43)32-22-14-13-21-31(32)34/h7-26,34,44H,27H2,1-6H3/t34-,43-/m1/s1. The molecule has 1 nitrogen and oxygen atoms in total. The lowest BCUT2D eigenvalue weighted by Crippen LogP contribution is -2.34. The molecule has 0 aromatic heterocycles. The summed E-state index contributed by atoms with van der Waals surface area (Å²) in [6.45, 7) is 13.2. The fraction of sp³-hybridized carbons (Fsp3) is 0.256. The molecule has 0 saturated heterocycles. The summed E-state index contributed by atoms with van der Waals surface area (Å²) >= 11 is 0. The number of aromatic hydroxyl groups is 1. The number of fused-ring (bicyclic) bond motifs is 5. The van der Waals surface area contributed by atoms with Gasteiger partial charge in [-0.15, -0.1) is 0 Å². The first-order valence-electron chi connectivity index (χ1n) is 15.9. The Kier molecular flexibility index (Phi) is 6.52. The summed E-state index contributed by atoms with van der Waals surface area (Å²) in [6, 6.07) is 44.9. The van der Waals surface area contributed by atoms with Gasteiger partial charge in [0, 0.05) is 11.3 Å². The topological polar surface area (TPSA) is 20.2 Å². The van der Waals surface area contributed by atoms with E-state index >= 15 is 0 Å². The van der Waals surface area contributed by atoms with Crippen molar-refractivity contribution < 1.29 is 5.11 Å². The number of benzene rings is 5. The van der Waals surface area contributed by atoms with Crippen LogP contribution in [0.1, 0.15) is 104 Å². The van der Waals surface area contributed by atoms with Crippen LogP contribution in [0.15, 0.2) is 121 Å². The van der Waals surface area contributed by atoms with Crippen LogP contribution in [0.2, 0.25) is 0 Å². The molecular weight excluding hydrogens is 532 g/mol. The minimum atomic E-state index is -0.330. The maximum Gasteiger partial charge on any atom is 0.123 e. The van der Waals surface area contributed by atoms with Crippen LogP contribution in [0.5, 0.6) is 5.75 Å². The van der Waals surface area contributed by atoms with Crippen LogP contribution in [0, 0.1) is 0 Å². The van der Waals surface area contributed by atoms with E-state index in [0.717, 1.165) is 17.5 Å². The van der Waals surface area contributed by atoms with Gasteiger partial charge < -0.3 is 5.11 Å². The van der Waals surface area contributed by atoms with E-state index in [2.05, 4.69) is 163 Å². The van der Waals surface area contributed by atoms with E-state index in [-0.39, 0.29) is 22.2 Å². The Hall–Kier alpha value is -4.36. The van der Waals surface area contributed by atoms with Crippen molar-refractivity contribution in [2.45, 2.75) is 70.1 Å². The summed E-state index contributed by atoms with van der Waals surface area (Å²) in [7, 11) is 0. The van der Waals surface area contributed by atoms with Gasteiger partial charge in [0.05, 0.1) is 0 Å². The van der Waals surface area contributed by atoms with Crippen LogP contribution in [0.25, 0.3) is 11.1 Å². The minimum absolute atomic E-state index is 0.140. The quantitative estimate of drug-likeness (QED) is 0.227. The lowest BCUT2D eigenvalue weighted by atomic mass is 9.58. The van der Waals surface area contributed by atoms with Crippen molar-refractivity contribution in [1.29, 1.82) is 0 Å². The highest BCUT2D eigenvalue weighted by molar-refractivity contribution is 6.10. The van der Waals surface area contributed by atoms with Crippen molar-refractivity contribution in [1.82, 2.24) is 0 Å². The maximum atomic E-state index is 11.6. The first-order valence-corrected chi connectivity index (χ1v) is 15.9. The summed E-state index contributed by atoms with van der Waals surface area (Å²) in [4.78, 5) is 0. The van der Waals surface area contributed by atoms with Gasteiger partial charge in [0.15, 0.2) is 0 Å². The average molecular weight is 575 g/mol. The Labute approximate surface area is 262 Å². The number of allylic oxidation sites excluding steroid dienone is 1. The molecule has 7 rings (SSSR count). The van der Waals surface area contributed by atoms with Crippen molar-refractivity contribution in [2.24, 2.45) is 0 Å². The molecule has 0 spiro atoms. The third-order valence-electron chi connectivity index (χ3n) is 9.93. The molecule has 5 aromatic rings. The Bertz CT molecular complexity index is 1860. The molecule has 2 atom stereocenters. The Balaban J connectivity index is 1.60. The van der Waals surface area contributed by atoms with Gasteiger partial charge in [-0.25, -0.2) is 0 Å². The maximum absolute atomic E-state index is 11.6. The van der Waals surface area contributed by atoms with Crippen molar-refractivity contribution in [3.05, 3.63) is 171 Å². The summed E-state index contributed by atoms with van der Waals surface area (Å²) in [5.41, 5.74) is 13.3. The van der Waals surface area contributed by atoms with Gasteiger partial charge in [-0.05, 0) is 78.5 Å². The number of hydrogen-bond acceptors (Lipinski definition) is 1. The molecule has 44 heavy (non-hydrogen) atoms. The van der Waals surface area contributed by atoms with Gasteiger partial charge in [-0.3, -0.25) is 0 Å². The van der Waals surface area contributed by atoms with Gasteiger partial charge in [0.25, 0.3) is 0 Å². The molecule has 0 aliphatic heterocycles. The highest BCUT2D eigenvalue weighted by atomic mass is 16.3. The van der Waals surface area contributed by atoms with Crippen LogP contribution in [0.3, 0.4) is 0 Å². The third-order valence-corrected chi connectivity index (χ3v) is 9.93. The molecule has 220 valence electrons. The van der Waals surface area contributed by atoms with Crippen molar-refractivity contribution in [2.75, 3.05) is 0 Å². The Morgan fingerprint density at radius 1 is 0.614 bits per heavy atom. The zero-order valence-electron chi connectivity index (χ0n) is 26.8. The van der Waals surface area contributed by atoms with Gasteiger partial charge in [-0.2, -0.15) is 0 Å². The van der Waals surface area contributed by atoms with E-state index < -0.39 is 0 Å². The van der Waals surface area contributed by atoms with Gasteiger partial charge in [-0.1, -0.05) is 163 Å². The summed E-state index contributed by atoms with van der Waals surface area (Å²) in [5, 5.41) is 11.6. The fourth-order valence-electron chi connectivity index (χ4n) is 7.92. The molecule has 2 aliphatic carbocycles. The van der Waals surface area contributed by atoms with E-state index in [1.165, 1.54) is 50.1 Å². The second kappa shape index (κ2) is 10.1. The SMILES string of the molecule is CC(C)(C)c1cc([C@H]2C[C@]3(c4ccccc4)C(=C(c4ccccc4)c4ccccc43)c3ccccc32)cc(C(C)(C)C)c1O. The molecule has 0 saturated carbocycles. The Morgan fingerprint density at radius 3 is 1.75 bits per heavy atom. The predicted molar refractivity (Wildman–Crippen MR) is 184 cm³/mol. The van der Waals surface area contributed by atoms with Gasteiger partial charge >= 0.3 is 0 Å². The van der Waals surface area contributed by atoms with E-state index in [1.807, 2.05) is 0 Å². The average Bonchev–Trinajstić information content (AvgIpc) is 3.32. The first kappa shape index (κ1) is 28.4. The molecule has 0 fully saturated rings. The van der Waals surface area contributed by atoms with Crippen LogP contribution in [0.4, 0.5) is 0 Å². The summed E-state index contributed by atoms with van der Waals surface area (Å²) in [6.07, 6.45) is 0.911. The molecule has 2 aliphatic rings. The fourth-order valence-corrected chi connectivity index (χ4v) is 7.92. The number of rotatable bonds is 3. The monoisotopic (exact) mass is 574 g/mol. The van der Waals surface area contributed by atoms with E-state index in [9.17, 15) is 5.11 Å². The van der Waals surface area contributed by atoms with Crippen LogP contribution >= 0.6 is 0 Å². The molecule has 0 heterocycles. The van der Waals surface area contributed by atoms with Crippen molar-refractivity contribution >= 4 is 11.1 Å². The molecule has 5 aromatic carbocycles. The lowest BCUT2D eigenvalue weighted by molar-refractivity contribution is 0.421. The molecule has 1 N–H and O–H groups in total. The zero-order chi connectivity index (χ0) is 30.9. The minimum Gasteiger partial charge on any atom is -0.507 e. The van der Waals surface area contributed by atoms with Gasteiger partial charge in [0.1, 0.15) is 5.75 Å². The Morgan fingerprint density at radius 2 is 1.14 bits per heavy atom. The molecule has 0 radical (unpaired) electrons. The zero-order valence-corrected chi connectivity index (χ0v) is 26.8. The lowest BCUT2D eigenvalue weighted by Gasteiger charge is -2.44. The highest BCUT2D eigenvalue weighted by Gasteiger charge is 2.52. The first-order chi connectivity index (χ1) is 21.0. The molecular formula is C43H42O. The highest BCUT2D eigenvalue weighted by Crippen LogP contribution is 2.64. The predicted octanol–water partition coefficient (Wildman–Crippen LogP) is 10.8. The molecule has 0 unspecified atom stereocenters. The van der Waals surface area contributed by atoms with E-state index in [1.54, 1.807) is 0 Å². The largest absolute Gasteiger partial charge is 0.507 e. The van der Waals surface area contributed by atoms with Gasteiger partial charge in [0.2, 0.25) is 0 Å². The smallest absolute Gasteiger partial charge is 0.123 e. The normalized spacial score (nSPS) is 19.4. The number of phenols is 1. The van der Waals surface area contributed by atoms with Crippen LogP contribution in [-0.2, 0) is 16.2 Å². The van der Waals surface area contributed by atoms with Crippen molar-refractivity contribution in [3.8, 4) is 5.75 Å². The van der Waals surface area contributed by atoms with E-state index in [0.29, 0.717) is 5.75 Å². The number of phenolic OH excluding ortho intramolecular Hbond substituents is 1. The summed E-state index contributed by atoms with van der Waals surface area (Å²) in [5.74, 6) is 0.579. The summed E-state index contributed by atoms with van der Waals surface area (Å²) < 4.78 is 0. The van der Waals surface area contributed by atoms with Crippen LogP contribution in [-0.4, -0.2) is 5.11 Å². The molecule has 1 heteroatoms. The second-order valence-corrected chi connectivity index (χ2v) is 14.7. The van der Waals surface area contributed by atoms with Crippen LogP contribution < -0.4 is 0 Å². The molecule has 0 amide bonds. The molecule has 0 bridgehead atoms.